The maximum atomic E-state index is 13.0. The number of ether oxygens (including phenoxy) is 1. The van der Waals surface area contributed by atoms with Crippen LogP contribution >= 0.6 is 24.0 Å². The zero-order valence-electron chi connectivity index (χ0n) is 17.8. The number of carbonyl (C=O) groups is 1. The minimum atomic E-state index is -0.479. The van der Waals surface area contributed by atoms with Crippen LogP contribution in [0.25, 0.3) is 0 Å². The van der Waals surface area contributed by atoms with E-state index in [1.165, 1.54) is 12.1 Å². The molecule has 0 bridgehead atoms. The minimum absolute atomic E-state index is 0. The molecule has 6 nitrogen and oxygen atoms in total. The van der Waals surface area contributed by atoms with E-state index in [9.17, 15) is 9.18 Å². The van der Waals surface area contributed by atoms with E-state index < -0.39 is 5.60 Å². The molecule has 0 saturated carbocycles. The number of hydrogen-bond donors (Lipinski definition) is 2. The van der Waals surface area contributed by atoms with Gasteiger partial charge in [0.1, 0.15) is 11.4 Å². The standard InChI is InChI=1S/C21H33FN4O2.HI/c1-5-23-19(24-13-16-8-10-18(22)11-9-16)25-14-17-7-6-12-26(15-17)20(27)28-21(2,3)4;/h8-11,17H,5-7,12-15H2,1-4H3,(H2,23,24,25);1H. The Labute approximate surface area is 190 Å². The number of aliphatic imine (C=N–C) groups is 1. The lowest BCUT2D eigenvalue weighted by molar-refractivity contribution is 0.0168. The molecule has 29 heavy (non-hydrogen) atoms. The first-order valence-corrected chi connectivity index (χ1v) is 10.0. The normalized spacial score (nSPS) is 17.3. The van der Waals surface area contributed by atoms with Crippen molar-refractivity contribution in [3.8, 4) is 0 Å². The summed E-state index contributed by atoms with van der Waals surface area (Å²) >= 11 is 0. The third kappa shape index (κ3) is 9.64. The number of piperidine rings is 1. The summed E-state index contributed by atoms with van der Waals surface area (Å²) in [6, 6.07) is 6.36. The smallest absolute Gasteiger partial charge is 0.410 e. The molecule has 1 amide bonds. The molecular formula is C21H34FIN4O2. The lowest BCUT2D eigenvalue weighted by atomic mass is 9.98. The van der Waals surface area contributed by atoms with E-state index >= 15 is 0 Å². The molecule has 1 aromatic carbocycles. The summed E-state index contributed by atoms with van der Waals surface area (Å²) < 4.78 is 18.5. The lowest BCUT2D eigenvalue weighted by Crippen LogP contribution is -2.47. The number of rotatable bonds is 5. The number of hydrogen-bond acceptors (Lipinski definition) is 3. The van der Waals surface area contributed by atoms with Gasteiger partial charge >= 0.3 is 6.09 Å². The Morgan fingerprint density at radius 1 is 1.28 bits per heavy atom. The molecule has 1 aromatic rings. The number of benzene rings is 1. The van der Waals surface area contributed by atoms with Gasteiger partial charge in [0.15, 0.2) is 5.96 Å². The maximum Gasteiger partial charge on any atom is 0.410 e. The van der Waals surface area contributed by atoms with Crippen LogP contribution in [-0.4, -0.2) is 48.7 Å². The molecule has 2 N–H and O–H groups in total. The molecule has 1 fully saturated rings. The Morgan fingerprint density at radius 3 is 2.59 bits per heavy atom. The molecular weight excluding hydrogens is 486 g/mol. The predicted molar refractivity (Wildman–Crippen MR) is 125 cm³/mol. The molecule has 1 saturated heterocycles. The number of carbonyl (C=O) groups excluding carboxylic acids is 1. The Morgan fingerprint density at radius 2 is 1.97 bits per heavy atom. The van der Waals surface area contributed by atoms with Crippen molar-refractivity contribution in [2.75, 3.05) is 26.2 Å². The second-order valence-corrected chi connectivity index (χ2v) is 8.14. The Kier molecular flexibility index (Phi) is 10.7. The van der Waals surface area contributed by atoms with Crippen molar-refractivity contribution in [3.05, 3.63) is 35.6 Å². The van der Waals surface area contributed by atoms with Gasteiger partial charge in [0, 0.05) is 26.2 Å². The second-order valence-electron chi connectivity index (χ2n) is 8.14. The average Bonchev–Trinajstić information content (AvgIpc) is 2.64. The van der Waals surface area contributed by atoms with Gasteiger partial charge in [-0.25, -0.2) is 14.2 Å². The summed E-state index contributed by atoms with van der Waals surface area (Å²) in [6.07, 6.45) is 1.78. The van der Waals surface area contributed by atoms with Gasteiger partial charge in [-0.05, 0) is 64.2 Å². The van der Waals surface area contributed by atoms with Crippen molar-refractivity contribution < 1.29 is 13.9 Å². The molecule has 0 radical (unpaired) electrons. The van der Waals surface area contributed by atoms with E-state index in [4.69, 9.17) is 4.74 Å². The number of nitrogens with zero attached hydrogens (tertiary/aromatic N) is 2. The summed E-state index contributed by atoms with van der Waals surface area (Å²) in [7, 11) is 0. The number of halogens is 2. The van der Waals surface area contributed by atoms with Crippen LogP contribution in [0.2, 0.25) is 0 Å². The highest BCUT2D eigenvalue weighted by Gasteiger charge is 2.27. The Bertz CT molecular complexity index is 662. The molecule has 164 valence electrons. The van der Waals surface area contributed by atoms with Gasteiger partial charge in [0.25, 0.3) is 0 Å². The van der Waals surface area contributed by atoms with Crippen molar-refractivity contribution in [2.24, 2.45) is 10.9 Å². The third-order valence-electron chi connectivity index (χ3n) is 4.41. The van der Waals surface area contributed by atoms with Gasteiger partial charge in [-0.3, -0.25) is 0 Å². The molecule has 1 aliphatic rings. The van der Waals surface area contributed by atoms with Crippen LogP contribution in [0.4, 0.5) is 9.18 Å². The number of likely N-dealkylation sites (tertiary alicyclic amines) is 1. The van der Waals surface area contributed by atoms with Crippen LogP contribution in [-0.2, 0) is 11.3 Å². The first kappa shape index (κ1) is 25.5. The van der Waals surface area contributed by atoms with Gasteiger partial charge in [-0.2, -0.15) is 0 Å². The number of guanidine groups is 1. The lowest BCUT2D eigenvalue weighted by Gasteiger charge is -2.34. The summed E-state index contributed by atoms with van der Waals surface area (Å²) in [5.41, 5.74) is 0.473. The fourth-order valence-corrected chi connectivity index (χ4v) is 3.07. The van der Waals surface area contributed by atoms with Gasteiger partial charge in [-0.1, -0.05) is 12.1 Å². The molecule has 0 spiro atoms. The van der Waals surface area contributed by atoms with Crippen LogP contribution in [0.3, 0.4) is 0 Å². The molecule has 0 aromatic heterocycles. The van der Waals surface area contributed by atoms with Crippen LogP contribution < -0.4 is 10.6 Å². The summed E-state index contributed by atoms with van der Waals surface area (Å²) in [6.45, 7) is 11.0. The maximum absolute atomic E-state index is 13.0. The van der Waals surface area contributed by atoms with Gasteiger partial charge in [0.05, 0.1) is 6.54 Å². The van der Waals surface area contributed by atoms with E-state index in [1.807, 2.05) is 27.7 Å². The zero-order chi connectivity index (χ0) is 20.6. The van der Waals surface area contributed by atoms with Crippen molar-refractivity contribution in [1.82, 2.24) is 15.5 Å². The molecule has 8 heteroatoms. The SMILES string of the molecule is CCNC(=NCc1ccc(F)cc1)NCC1CCCN(C(=O)OC(C)(C)C)C1.I. The highest BCUT2D eigenvalue weighted by molar-refractivity contribution is 14.0. The van der Waals surface area contributed by atoms with Gasteiger partial charge in [-0.15, -0.1) is 24.0 Å². The van der Waals surface area contributed by atoms with Crippen molar-refractivity contribution in [2.45, 2.75) is 52.7 Å². The van der Waals surface area contributed by atoms with E-state index in [0.717, 1.165) is 44.0 Å². The predicted octanol–water partition coefficient (Wildman–Crippen LogP) is 4.15. The average molecular weight is 520 g/mol. The fourth-order valence-electron chi connectivity index (χ4n) is 3.07. The van der Waals surface area contributed by atoms with Gasteiger partial charge < -0.3 is 20.3 Å². The molecule has 2 rings (SSSR count). The quantitative estimate of drug-likeness (QED) is 0.348. The van der Waals surface area contributed by atoms with E-state index in [1.54, 1.807) is 17.0 Å². The van der Waals surface area contributed by atoms with Gasteiger partial charge in [0.2, 0.25) is 0 Å². The minimum Gasteiger partial charge on any atom is -0.444 e. The second kappa shape index (κ2) is 12.2. The molecule has 1 unspecified atom stereocenters. The first-order chi connectivity index (χ1) is 13.3. The van der Waals surface area contributed by atoms with Crippen molar-refractivity contribution in [1.29, 1.82) is 0 Å². The van der Waals surface area contributed by atoms with Crippen LogP contribution in [0.1, 0.15) is 46.1 Å². The topological polar surface area (TPSA) is 66.0 Å². The van der Waals surface area contributed by atoms with E-state index in [-0.39, 0.29) is 35.9 Å². The zero-order valence-corrected chi connectivity index (χ0v) is 20.2. The van der Waals surface area contributed by atoms with Crippen molar-refractivity contribution in [3.63, 3.8) is 0 Å². The number of amides is 1. The van der Waals surface area contributed by atoms with Crippen LogP contribution in [0.15, 0.2) is 29.3 Å². The first-order valence-electron chi connectivity index (χ1n) is 10.0. The summed E-state index contributed by atoms with van der Waals surface area (Å²) in [5, 5.41) is 6.59. The molecule has 0 aliphatic carbocycles. The molecule has 1 heterocycles. The highest BCUT2D eigenvalue weighted by atomic mass is 127. The largest absolute Gasteiger partial charge is 0.444 e. The van der Waals surface area contributed by atoms with E-state index in [0.29, 0.717) is 19.0 Å². The van der Waals surface area contributed by atoms with Crippen LogP contribution in [0, 0.1) is 11.7 Å². The highest BCUT2D eigenvalue weighted by Crippen LogP contribution is 2.18. The molecule has 1 aliphatic heterocycles. The summed E-state index contributed by atoms with van der Waals surface area (Å²) in [5.74, 6) is 0.821. The number of nitrogens with one attached hydrogen (secondary N) is 2. The van der Waals surface area contributed by atoms with Crippen molar-refractivity contribution >= 4 is 36.0 Å². The summed E-state index contributed by atoms with van der Waals surface area (Å²) in [4.78, 5) is 18.7. The van der Waals surface area contributed by atoms with E-state index in [2.05, 4.69) is 15.6 Å². The Hall–Kier alpha value is -1.58. The van der Waals surface area contributed by atoms with Crippen LogP contribution in [0.5, 0.6) is 0 Å². The Balaban J connectivity index is 0.00000420. The molecule has 1 atom stereocenters. The third-order valence-corrected chi connectivity index (χ3v) is 4.41. The fraction of sp³-hybridized carbons (Fsp3) is 0.619. The monoisotopic (exact) mass is 520 g/mol.